The third kappa shape index (κ3) is 13.3. The van der Waals surface area contributed by atoms with Crippen LogP contribution in [0.5, 0.6) is 5.88 Å². The van der Waals surface area contributed by atoms with Crippen LogP contribution in [0.2, 0.25) is 5.02 Å². The number of anilines is 2. The molecule has 0 bridgehead atoms. The zero-order valence-electron chi connectivity index (χ0n) is 44.6. The number of phosphoric acid groups is 1. The molecule has 0 aliphatic heterocycles. The predicted octanol–water partition coefficient (Wildman–Crippen LogP) is 6.88. The number of hydrogen-bond acceptors (Lipinski definition) is 16. The number of aliphatic carboxylic acids is 1. The Kier molecular flexibility index (Phi) is 17.2. The van der Waals surface area contributed by atoms with E-state index in [9.17, 15) is 68.0 Å². The Bertz CT molecular complexity index is 4150. The normalized spacial score (nSPS) is 15.7. The van der Waals surface area contributed by atoms with Crippen LogP contribution in [0.15, 0.2) is 65.6 Å². The Morgan fingerprint density at radius 3 is 2.36 bits per heavy atom. The molecule has 0 saturated heterocycles. The van der Waals surface area contributed by atoms with E-state index in [0.29, 0.717) is 26.8 Å². The minimum atomic E-state index is -5.18. The molecule has 7 aromatic rings. The van der Waals surface area contributed by atoms with Crippen LogP contribution in [0, 0.1) is 17.6 Å². The average Bonchev–Trinajstić information content (AvgIpc) is 1.54. The van der Waals surface area contributed by atoms with Crippen LogP contribution in [0.25, 0.3) is 27.6 Å². The van der Waals surface area contributed by atoms with E-state index in [1.54, 1.807) is 0 Å². The molecule has 26 nitrogen and oxygen atoms in total. The van der Waals surface area contributed by atoms with Gasteiger partial charge in [-0.15, -0.1) is 0 Å². The van der Waals surface area contributed by atoms with Crippen molar-refractivity contribution in [2.24, 2.45) is 13.0 Å². The van der Waals surface area contributed by atoms with E-state index >= 15 is 13.6 Å². The number of nitrogens with one attached hydrogen (secondary N) is 1. The summed E-state index contributed by atoms with van der Waals surface area (Å²) in [6.07, 6.45) is -10.3. The predicted molar refractivity (Wildman–Crippen MR) is 281 cm³/mol. The highest BCUT2D eigenvalue weighted by atomic mass is 35.5. The van der Waals surface area contributed by atoms with Gasteiger partial charge in [0.05, 0.1) is 58.9 Å². The van der Waals surface area contributed by atoms with Gasteiger partial charge in [0.1, 0.15) is 47.8 Å². The van der Waals surface area contributed by atoms with Gasteiger partial charge >= 0.3 is 32.1 Å². The monoisotopic (exact) mass is 1290 g/mol. The fraction of sp³-hybridized carbons (Fsp3) is 0.347. The molecule has 38 heteroatoms. The van der Waals surface area contributed by atoms with Gasteiger partial charge in [-0.3, -0.25) is 38.1 Å². The molecular formula is C49H43ClF9N12O14PS. The van der Waals surface area contributed by atoms with Crippen molar-refractivity contribution in [2.45, 2.75) is 62.8 Å². The molecule has 2 aliphatic carbocycles. The highest BCUT2D eigenvalue weighted by Gasteiger charge is 2.67. The lowest BCUT2D eigenvalue weighted by molar-refractivity contribution is -0.140. The molecule has 1 fully saturated rings. The Balaban J connectivity index is 1.19. The molecule has 87 heavy (non-hydrogen) atoms. The minimum Gasteiger partial charge on any atom is -0.480 e. The smallest absolute Gasteiger partial charge is 0.472 e. The summed E-state index contributed by atoms with van der Waals surface area (Å²) >= 11 is 6.85. The van der Waals surface area contributed by atoms with Gasteiger partial charge in [-0.05, 0) is 54.3 Å². The molecule has 5 heterocycles. The van der Waals surface area contributed by atoms with E-state index in [4.69, 9.17) is 26.1 Å². The number of alkyl halides is 7. The van der Waals surface area contributed by atoms with Gasteiger partial charge in [-0.2, -0.15) is 41.4 Å². The number of pyridine rings is 2. The molecule has 5 aromatic heterocycles. The second-order valence-electron chi connectivity index (χ2n) is 19.6. The Morgan fingerprint density at radius 2 is 1.71 bits per heavy atom. The van der Waals surface area contributed by atoms with Crippen molar-refractivity contribution in [3.63, 3.8) is 0 Å². The SMILES string of the molecule is CN(C(=O)N(c1nn(C)c2c(-n3c([C@H](Cc4cc(F)cc(F)c4)NC(=O)Cn4nc(C(F)F)c5c4C(F)(F)[C@@H]4C[C@H]54)nc4nc(OCCC(F)(F)F)ccc4c3=O)ccc(Cl)c12)S(C)(=O)=O)c1ncccc1CN(CC(=O)O)C(=O)OCOP(=O)(O)O. The van der Waals surface area contributed by atoms with Crippen LogP contribution in [-0.2, 0) is 65.9 Å². The lowest BCUT2D eigenvalue weighted by Crippen LogP contribution is -2.46. The number of urea groups is 1. The zero-order chi connectivity index (χ0) is 63.6. The molecule has 3 atom stereocenters. The Morgan fingerprint density at radius 1 is 1.01 bits per heavy atom. The first kappa shape index (κ1) is 63.1. The van der Waals surface area contributed by atoms with Gasteiger partial charge < -0.3 is 29.7 Å². The maximum atomic E-state index is 15.7. The van der Waals surface area contributed by atoms with Crippen molar-refractivity contribution in [1.82, 2.24) is 49.3 Å². The molecule has 0 radical (unpaired) electrons. The Labute approximate surface area is 486 Å². The highest BCUT2D eigenvalue weighted by Crippen LogP contribution is 2.68. The summed E-state index contributed by atoms with van der Waals surface area (Å²) in [6, 6.07) is 5.38. The molecule has 9 rings (SSSR count). The number of aromatic nitrogens is 8. The van der Waals surface area contributed by atoms with Crippen molar-refractivity contribution in [2.75, 3.05) is 42.5 Å². The van der Waals surface area contributed by atoms with E-state index in [-0.39, 0.29) is 32.4 Å². The number of aryl methyl sites for hydroxylation is 1. The number of carbonyl (C=O) groups is 4. The first-order chi connectivity index (χ1) is 40.6. The van der Waals surface area contributed by atoms with Crippen molar-refractivity contribution >= 4 is 87.0 Å². The number of phosphoric ester groups is 1. The van der Waals surface area contributed by atoms with Crippen LogP contribution < -0.4 is 24.8 Å². The van der Waals surface area contributed by atoms with E-state index in [1.165, 1.54) is 19.2 Å². The number of hydrogen-bond donors (Lipinski definition) is 4. The van der Waals surface area contributed by atoms with Crippen molar-refractivity contribution in [3.05, 3.63) is 122 Å². The number of sulfonamides is 1. The number of rotatable bonds is 21. The topological polar surface area (TPSA) is 326 Å². The van der Waals surface area contributed by atoms with Crippen LogP contribution >= 0.6 is 19.4 Å². The molecule has 1 saturated carbocycles. The molecule has 4 amide bonds. The first-order valence-corrected chi connectivity index (χ1v) is 28.7. The van der Waals surface area contributed by atoms with Crippen molar-refractivity contribution < 1.29 is 101 Å². The summed E-state index contributed by atoms with van der Waals surface area (Å²) < 4.78 is 185. The number of carboxylic acids is 1. The third-order valence-corrected chi connectivity index (χ3v) is 15.2. The van der Waals surface area contributed by atoms with Crippen LogP contribution in [-0.4, -0.2) is 131 Å². The number of carbonyl (C=O) groups excluding carboxylic acids is 3. The van der Waals surface area contributed by atoms with Crippen molar-refractivity contribution in [3.8, 4) is 11.6 Å². The maximum absolute atomic E-state index is 15.7. The number of nitrogens with zero attached hydrogens (tertiary/aromatic N) is 11. The summed E-state index contributed by atoms with van der Waals surface area (Å²) in [4.78, 5) is 101. The van der Waals surface area contributed by atoms with Gasteiger partial charge in [0, 0.05) is 55.9 Å². The van der Waals surface area contributed by atoms with Crippen LogP contribution in [0.4, 0.5) is 60.7 Å². The molecular weight excluding hydrogens is 1250 g/mol. The summed E-state index contributed by atoms with van der Waals surface area (Å²) in [5, 5.41) is 18.8. The van der Waals surface area contributed by atoms with Gasteiger partial charge in [-0.25, -0.2) is 54.6 Å². The van der Waals surface area contributed by atoms with Gasteiger partial charge in [0.15, 0.2) is 11.5 Å². The fourth-order valence-electron chi connectivity index (χ4n) is 9.93. The number of carboxylic acid groups (broad SMARTS) is 1. The van der Waals surface area contributed by atoms with Gasteiger partial charge in [0.2, 0.25) is 28.6 Å². The summed E-state index contributed by atoms with van der Waals surface area (Å²) in [6.45, 7) is -5.44. The second-order valence-corrected chi connectivity index (χ2v) is 23.1. The van der Waals surface area contributed by atoms with E-state index < -0.39 is 204 Å². The Hall–Kier alpha value is -8.44. The summed E-state index contributed by atoms with van der Waals surface area (Å²) in [5.74, 6) is -13.8. The van der Waals surface area contributed by atoms with Crippen molar-refractivity contribution in [1.29, 1.82) is 0 Å². The summed E-state index contributed by atoms with van der Waals surface area (Å²) in [7, 11) is -7.94. The fourth-order valence-corrected chi connectivity index (χ4v) is 11.2. The minimum absolute atomic E-state index is 0.124. The van der Waals surface area contributed by atoms with E-state index in [1.807, 2.05) is 0 Å². The molecule has 4 N–H and O–H groups in total. The van der Waals surface area contributed by atoms with Gasteiger partial charge in [0.25, 0.3) is 17.9 Å². The average molecular weight is 1290 g/mol. The van der Waals surface area contributed by atoms with Crippen LogP contribution in [0.1, 0.15) is 65.1 Å². The van der Waals surface area contributed by atoms with E-state index in [2.05, 4.69) is 39.7 Å². The first-order valence-electron chi connectivity index (χ1n) is 25.0. The molecule has 0 spiro atoms. The second kappa shape index (κ2) is 23.7. The maximum Gasteiger partial charge on any atom is 0.472 e. The standard InChI is InChI=1S/C49H43ClF9N12O14PS/c1-66(42-23(5-4-11-60-42)18-68(20-34(73)74)47(77)84-21-85-86(78,79)80)46(76)71(87(3,81)82)44-36-29(50)7-8-31(38(36)67(2)65-44)70-43(63-41-26(45(70)75)6-9-33(62-41)83-12-10-48(55,56)57)30(15-22-13-24(51)16-25(52)14-22)61-32(72)19-69-39-35(37(64-69)40(53)54)27-17-28(27)49(39,58)59/h4-9,11,13-14,16,27-28,30,40H,10,12,15,17-21H2,1-3H3,(H,61,72)(H,73,74)(H2,78,79,80)/t27-,28+,30-/m0/s1. The molecule has 0 unspecified atom stereocenters. The molecule has 464 valence electrons. The number of amides is 4. The quantitative estimate of drug-likeness (QED) is 0.0323. The third-order valence-electron chi connectivity index (χ3n) is 13.5. The van der Waals surface area contributed by atoms with E-state index in [0.717, 1.165) is 58.9 Å². The highest BCUT2D eigenvalue weighted by molar-refractivity contribution is 7.92. The zero-order valence-corrected chi connectivity index (χ0v) is 47.1. The number of fused-ring (bicyclic) bond motifs is 5. The number of ether oxygens (including phenoxy) is 2. The lowest BCUT2D eigenvalue weighted by atomic mass is 10.0. The van der Waals surface area contributed by atoms with Gasteiger partial charge in [-0.1, -0.05) is 17.7 Å². The number of halogens is 10. The number of benzene rings is 2. The summed E-state index contributed by atoms with van der Waals surface area (Å²) in [5.41, 5.74) is -5.36. The lowest BCUT2D eigenvalue weighted by Gasteiger charge is -2.27. The molecule has 2 aliphatic rings. The largest absolute Gasteiger partial charge is 0.480 e. The van der Waals surface area contributed by atoms with Crippen LogP contribution in [0.3, 0.4) is 0 Å². The molecule has 2 aromatic carbocycles.